The Bertz CT molecular complexity index is 1210. The van der Waals surface area contributed by atoms with Gasteiger partial charge < -0.3 is 18.8 Å². The minimum Gasteiger partial charge on any atom is -0.369 e. The van der Waals surface area contributed by atoms with Crippen LogP contribution in [0.1, 0.15) is 39.1 Å². The Labute approximate surface area is 205 Å². The number of rotatable bonds is 10. The number of benzene rings is 3. The summed E-state index contributed by atoms with van der Waals surface area (Å²) in [6.45, 7) is 1.79. The third kappa shape index (κ3) is 5.74. The van der Waals surface area contributed by atoms with E-state index < -0.39 is 12.2 Å². The van der Waals surface area contributed by atoms with E-state index in [2.05, 4.69) is 4.98 Å². The van der Waals surface area contributed by atoms with Crippen LogP contribution >= 0.6 is 0 Å². The van der Waals surface area contributed by atoms with Crippen LogP contribution in [0.25, 0.3) is 0 Å². The average Bonchev–Trinajstić information content (AvgIpc) is 3.34. The van der Waals surface area contributed by atoms with Crippen molar-refractivity contribution in [2.75, 3.05) is 0 Å². The van der Waals surface area contributed by atoms with Gasteiger partial charge in [0.2, 0.25) is 0 Å². The van der Waals surface area contributed by atoms with Crippen LogP contribution in [0, 0.1) is 0 Å². The fourth-order valence-corrected chi connectivity index (χ4v) is 4.34. The van der Waals surface area contributed by atoms with Crippen molar-refractivity contribution in [3.63, 3.8) is 0 Å². The van der Waals surface area contributed by atoms with Gasteiger partial charge in [0.25, 0.3) is 0 Å². The molecule has 3 aromatic carbocycles. The third-order valence-corrected chi connectivity index (χ3v) is 6.11. The number of hydrogen-bond donors (Lipinski definition) is 0. The Morgan fingerprint density at radius 2 is 1.26 bits per heavy atom. The maximum atomic E-state index is 11.5. The normalized spacial score (nSPS) is 19.3. The molecule has 6 nitrogen and oxygen atoms in total. The van der Waals surface area contributed by atoms with Gasteiger partial charge in [0.15, 0.2) is 6.29 Å². The molecule has 2 heterocycles. The van der Waals surface area contributed by atoms with Gasteiger partial charge in [-0.05, 0) is 16.7 Å². The standard InChI is InChI=1S/C29H28N2O4/c32-18-25-16-31-17-26(33-19-22-10-4-1-5-11-22)27(34-20-23-12-6-2-7-13-23)28(29(31)30-25)35-21-24-14-8-3-9-15-24/h1-16,18,26-28H,17,19-21H2/t26-,27-,28+/m0/s1. The second kappa shape index (κ2) is 11.2. The monoisotopic (exact) mass is 468 g/mol. The molecule has 1 aromatic heterocycles. The second-order valence-corrected chi connectivity index (χ2v) is 8.61. The first kappa shape index (κ1) is 23.2. The van der Waals surface area contributed by atoms with Gasteiger partial charge in [-0.3, -0.25) is 4.79 Å². The summed E-state index contributed by atoms with van der Waals surface area (Å²) >= 11 is 0. The molecule has 0 spiro atoms. The van der Waals surface area contributed by atoms with Gasteiger partial charge in [0.05, 0.1) is 26.4 Å². The van der Waals surface area contributed by atoms with Gasteiger partial charge in [-0.15, -0.1) is 0 Å². The van der Waals surface area contributed by atoms with E-state index in [0.717, 1.165) is 23.0 Å². The van der Waals surface area contributed by atoms with Crippen molar-refractivity contribution in [3.8, 4) is 0 Å². The van der Waals surface area contributed by atoms with Crippen molar-refractivity contribution in [2.45, 2.75) is 44.7 Å². The molecule has 0 bridgehead atoms. The van der Waals surface area contributed by atoms with E-state index in [9.17, 15) is 4.79 Å². The van der Waals surface area contributed by atoms with Crippen LogP contribution in [-0.4, -0.2) is 28.0 Å². The van der Waals surface area contributed by atoms with E-state index in [1.165, 1.54) is 0 Å². The van der Waals surface area contributed by atoms with Gasteiger partial charge in [-0.1, -0.05) is 91.0 Å². The number of fused-ring (bicyclic) bond motifs is 1. The summed E-state index contributed by atoms with van der Waals surface area (Å²) in [6.07, 6.45) is 1.33. The van der Waals surface area contributed by atoms with Gasteiger partial charge in [0, 0.05) is 6.20 Å². The summed E-state index contributed by atoms with van der Waals surface area (Å²) in [5.41, 5.74) is 3.58. The number of hydrogen-bond acceptors (Lipinski definition) is 5. The summed E-state index contributed by atoms with van der Waals surface area (Å²) in [6, 6.07) is 30.1. The highest BCUT2D eigenvalue weighted by Crippen LogP contribution is 2.34. The summed E-state index contributed by atoms with van der Waals surface area (Å²) < 4.78 is 21.3. The maximum Gasteiger partial charge on any atom is 0.170 e. The minimum absolute atomic E-state index is 0.291. The molecule has 35 heavy (non-hydrogen) atoms. The SMILES string of the molecule is O=Cc1cn2c(n1)[C@H](OCc1ccccc1)[C@@H](OCc1ccccc1)[C@@H](OCc1ccccc1)C2. The Morgan fingerprint density at radius 3 is 1.80 bits per heavy atom. The zero-order valence-electron chi connectivity index (χ0n) is 19.4. The van der Waals surface area contributed by atoms with E-state index >= 15 is 0 Å². The fourth-order valence-electron chi connectivity index (χ4n) is 4.34. The highest BCUT2D eigenvalue weighted by Gasteiger charge is 2.41. The lowest BCUT2D eigenvalue weighted by Crippen LogP contribution is -2.45. The van der Waals surface area contributed by atoms with Crippen molar-refractivity contribution < 1.29 is 19.0 Å². The van der Waals surface area contributed by atoms with Crippen molar-refractivity contribution >= 4 is 6.29 Å². The average molecular weight is 469 g/mol. The predicted molar refractivity (Wildman–Crippen MR) is 132 cm³/mol. The summed E-state index contributed by atoms with van der Waals surface area (Å²) in [5, 5.41) is 0. The predicted octanol–water partition coefficient (Wildman–Crippen LogP) is 5.14. The topological polar surface area (TPSA) is 62.6 Å². The second-order valence-electron chi connectivity index (χ2n) is 8.61. The van der Waals surface area contributed by atoms with Crippen LogP contribution in [0.3, 0.4) is 0 Å². The summed E-state index contributed by atoms with van der Waals surface area (Å²) in [7, 11) is 0. The molecule has 6 heteroatoms. The van der Waals surface area contributed by atoms with Crippen molar-refractivity contribution in [1.29, 1.82) is 0 Å². The Kier molecular flexibility index (Phi) is 7.44. The summed E-state index contributed by atoms with van der Waals surface area (Å²) in [5.74, 6) is 0.681. The third-order valence-electron chi connectivity index (χ3n) is 6.11. The molecule has 3 atom stereocenters. The molecule has 1 aliphatic heterocycles. The first-order valence-electron chi connectivity index (χ1n) is 11.8. The minimum atomic E-state index is -0.498. The highest BCUT2D eigenvalue weighted by molar-refractivity contribution is 5.71. The number of aromatic nitrogens is 2. The molecule has 0 unspecified atom stereocenters. The van der Waals surface area contributed by atoms with Crippen LogP contribution in [0.4, 0.5) is 0 Å². The lowest BCUT2D eigenvalue weighted by atomic mass is 10.0. The van der Waals surface area contributed by atoms with Crippen molar-refractivity contribution in [1.82, 2.24) is 9.55 Å². The van der Waals surface area contributed by atoms with E-state index in [1.807, 2.05) is 95.6 Å². The molecular formula is C29H28N2O4. The quantitative estimate of drug-likeness (QED) is 0.302. The first-order valence-corrected chi connectivity index (χ1v) is 11.8. The lowest BCUT2D eigenvalue weighted by molar-refractivity contribution is -0.171. The largest absolute Gasteiger partial charge is 0.369 e. The van der Waals surface area contributed by atoms with Crippen LogP contribution < -0.4 is 0 Å². The molecule has 4 aromatic rings. The number of carbonyl (C=O) groups is 1. The van der Waals surface area contributed by atoms with Crippen molar-refractivity contribution in [2.24, 2.45) is 0 Å². The molecule has 0 fully saturated rings. The molecule has 5 rings (SSSR count). The molecule has 0 N–H and O–H groups in total. The van der Waals surface area contributed by atoms with Gasteiger partial charge in [0.1, 0.15) is 29.8 Å². The lowest BCUT2D eigenvalue weighted by Gasteiger charge is -2.38. The van der Waals surface area contributed by atoms with Crippen molar-refractivity contribution in [3.05, 3.63) is 125 Å². The fraction of sp³-hybridized carbons (Fsp3) is 0.241. The molecule has 0 aliphatic carbocycles. The first-order chi connectivity index (χ1) is 17.3. The zero-order valence-corrected chi connectivity index (χ0v) is 19.4. The molecule has 0 saturated heterocycles. The molecular weight excluding hydrogens is 440 g/mol. The number of aldehydes is 1. The number of imidazole rings is 1. The zero-order chi connectivity index (χ0) is 23.9. The molecule has 0 radical (unpaired) electrons. The van der Waals surface area contributed by atoms with Crippen LogP contribution in [0.15, 0.2) is 97.2 Å². The van der Waals surface area contributed by atoms with Gasteiger partial charge in [-0.2, -0.15) is 0 Å². The van der Waals surface area contributed by atoms with E-state index in [0.29, 0.717) is 37.9 Å². The van der Waals surface area contributed by atoms with Crippen LogP contribution in [0.2, 0.25) is 0 Å². The van der Waals surface area contributed by atoms with E-state index in [-0.39, 0.29) is 6.10 Å². The molecule has 0 saturated carbocycles. The smallest absolute Gasteiger partial charge is 0.170 e. The van der Waals surface area contributed by atoms with Crippen LogP contribution in [-0.2, 0) is 40.6 Å². The molecule has 178 valence electrons. The molecule has 1 aliphatic rings. The Morgan fingerprint density at radius 1 is 0.743 bits per heavy atom. The maximum absolute atomic E-state index is 11.5. The Balaban J connectivity index is 1.43. The van der Waals surface area contributed by atoms with E-state index in [4.69, 9.17) is 14.2 Å². The summed E-state index contributed by atoms with van der Waals surface area (Å²) in [4.78, 5) is 16.1. The van der Waals surface area contributed by atoms with Gasteiger partial charge >= 0.3 is 0 Å². The molecule has 0 amide bonds. The van der Waals surface area contributed by atoms with Gasteiger partial charge in [-0.25, -0.2) is 4.98 Å². The highest BCUT2D eigenvalue weighted by atomic mass is 16.6. The number of nitrogens with zero attached hydrogens (tertiary/aromatic N) is 2. The number of ether oxygens (including phenoxy) is 3. The number of carbonyl (C=O) groups excluding carboxylic acids is 1. The van der Waals surface area contributed by atoms with Crippen LogP contribution in [0.5, 0.6) is 0 Å². The van der Waals surface area contributed by atoms with E-state index in [1.54, 1.807) is 6.20 Å². The Hall–Kier alpha value is -3.58.